The van der Waals surface area contributed by atoms with E-state index in [1.165, 1.54) is 11.3 Å². The van der Waals surface area contributed by atoms with E-state index in [0.29, 0.717) is 36.7 Å². The number of morpholine rings is 1. The quantitative estimate of drug-likeness (QED) is 0.928. The predicted molar refractivity (Wildman–Crippen MR) is 83.8 cm³/mol. The molecule has 1 aliphatic rings. The zero-order chi connectivity index (χ0) is 15.4. The molecule has 0 aromatic carbocycles. The van der Waals surface area contributed by atoms with E-state index < -0.39 is 0 Å². The predicted octanol–water partition coefficient (Wildman–Crippen LogP) is 2.94. The summed E-state index contributed by atoms with van der Waals surface area (Å²) in [5, 5.41) is 12.5. The van der Waals surface area contributed by atoms with Gasteiger partial charge in [-0.05, 0) is 12.3 Å². The molecule has 118 valence electrons. The lowest BCUT2D eigenvalue weighted by molar-refractivity contribution is 0.00857. The van der Waals surface area contributed by atoms with E-state index in [1.54, 1.807) is 0 Å². The van der Waals surface area contributed by atoms with Gasteiger partial charge in [0, 0.05) is 12.5 Å². The SMILES string of the molecule is CC(C)C[C@H]1COCCN1C(=O)Nc1nnc(C(C)C)s1. The van der Waals surface area contributed by atoms with Crippen molar-refractivity contribution in [3.63, 3.8) is 0 Å². The van der Waals surface area contributed by atoms with E-state index >= 15 is 0 Å². The molecule has 2 heterocycles. The Balaban J connectivity index is 1.99. The van der Waals surface area contributed by atoms with Crippen molar-refractivity contribution in [2.24, 2.45) is 5.92 Å². The van der Waals surface area contributed by atoms with Crippen molar-refractivity contribution in [3.8, 4) is 0 Å². The number of nitrogens with one attached hydrogen (secondary N) is 1. The lowest BCUT2D eigenvalue weighted by Gasteiger charge is -2.36. The third-order valence-corrected chi connectivity index (χ3v) is 4.52. The van der Waals surface area contributed by atoms with Crippen LogP contribution in [-0.2, 0) is 4.74 Å². The third kappa shape index (κ3) is 4.38. The third-order valence-electron chi connectivity index (χ3n) is 3.38. The molecule has 2 amide bonds. The summed E-state index contributed by atoms with van der Waals surface area (Å²) in [4.78, 5) is 14.3. The van der Waals surface area contributed by atoms with Gasteiger partial charge in [-0.25, -0.2) is 4.79 Å². The molecule has 0 bridgehead atoms. The minimum Gasteiger partial charge on any atom is -0.377 e. The molecule has 1 aromatic rings. The second-order valence-corrected chi connectivity index (χ2v) is 7.09. The highest BCUT2D eigenvalue weighted by molar-refractivity contribution is 7.15. The molecule has 21 heavy (non-hydrogen) atoms. The average Bonchev–Trinajstić information content (AvgIpc) is 2.87. The first-order valence-electron chi connectivity index (χ1n) is 7.46. The Morgan fingerprint density at radius 2 is 2.19 bits per heavy atom. The molecule has 1 fully saturated rings. The van der Waals surface area contributed by atoms with Crippen molar-refractivity contribution in [3.05, 3.63) is 5.01 Å². The summed E-state index contributed by atoms with van der Waals surface area (Å²) in [6.07, 6.45) is 0.945. The topological polar surface area (TPSA) is 67.3 Å². The van der Waals surface area contributed by atoms with Gasteiger partial charge in [0.25, 0.3) is 0 Å². The number of nitrogens with zero attached hydrogens (tertiary/aromatic N) is 3. The fourth-order valence-corrected chi connectivity index (χ4v) is 3.08. The van der Waals surface area contributed by atoms with Crippen LogP contribution in [0.5, 0.6) is 0 Å². The minimum absolute atomic E-state index is 0.101. The summed E-state index contributed by atoms with van der Waals surface area (Å²) in [7, 11) is 0. The maximum atomic E-state index is 12.4. The van der Waals surface area contributed by atoms with Gasteiger partial charge in [0.15, 0.2) is 0 Å². The van der Waals surface area contributed by atoms with Crippen molar-refractivity contribution < 1.29 is 9.53 Å². The molecule has 1 saturated heterocycles. The van der Waals surface area contributed by atoms with E-state index in [2.05, 4.69) is 43.2 Å². The summed E-state index contributed by atoms with van der Waals surface area (Å²) in [6.45, 7) is 10.3. The molecule has 1 N–H and O–H groups in total. The fourth-order valence-electron chi connectivity index (χ4n) is 2.34. The number of hydrogen-bond acceptors (Lipinski definition) is 5. The van der Waals surface area contributed by atoms with Crippen LogP contribution < -0.4 is 5.32 Å². The van der Waals surface area contributed by atoms with Gasteiger partial charge in [-0.2, -0.15) is 0 Å². The Morgan fingerprint density at radius 1 is 1.43 bits per heavy atom. The number of hydrogen-bond donors (Lipinski definition) is 1. The van der Waals surface area contributed by atoms with Crippen molar-refractivity contribution in [2.45, 2.75) is 46.1 Å². The number of ether oxygens (including phenoxy) is 1. The van der Waals surface area contributed by atoms with Crippen molar-refractivity contribution >= 4 is 22.5 Å². The van der Waals surface area contributed by atoms with Gasteiger partial charge in [-0.3, -0.25) is 5.32 Å². The Morgan fingerprint density at radius 3 is 2.81 bits per heavy atom. The number of aromatic nitrogens is 2. The van der Waals surface area contributed by atoms with E-state index in [-0.39, 0.29) is 12.1 Å². The van der Waals surface area contributed by atoms with Gasteiger partial charge >= 0.3 is 6.03 Å². The first kappa shape index (κ1) is 16.2. The highest BCUT2D eigenvalue weighted by atomic mass is 32.1. The zero-order valence-electron chi connectivity index (χ0n) is 13.1. The number of rotatable bonds is 4. The molecule has 6 nitrogen and oxygen atoms in total. The summed E-state index contributed by atoms with van der Waals surface area (Å²) in [5.74, 6) is 0.853. The summed E-state index contributed by atoms with van der Waals surface area (Å²) < 4.78 is 5.50. The second kappa shape index (κ2) is 7.17. The van der Waals surface area contributed by atoms with Crippen LogP contribution in [0.25, 0.3) is 0 Å². The molecule has 2 rings (SSSR count). The first-order chi connectivity index (χ1) is 9.97. The molecule has 0 radical (unpaired) electrons. The van der Waals surface area contributed by atoms with Gasteiger partial charge in [-0.15, -0.1) is 10.2 Å². The van der Waals surface area contributed by atoms with Gasteiger partial charge in [0.1, 0.15) is 5.01 Å². The molecule has 0 aliphatic carbocycles. The van der Waals surface area contributed by atoms with Gasteiger partial charge < -0.3 is 9.64 Å². The number of carbonyl (C=O) groups is 1. The summed E-state index contributed by atoms with van der Waals surface area (Å²) in [5.41, 5.74) is 0. The van der Waals surface area contributed by atoms with Crippen LogP contribution in [-0.4, -0.2) is 46.9 Å². The number of anilines is 1. The average molecular weight is 312 g/mol. The standard InChI is InChI=1S/C14H24N4O2S/c1-9(2)7-11-8-20-6-5-18(11)14(19)15-13-17-16-12(21-13)10(3)4/h9-11H,5-8H2,1-4H3,(H,15,17,19)/t11-/m0/s1. The van der Waals surface area contributed by atoms with Crippen LogP contribution in [0.2, 0.25) is 0 Å². The summed E-state index contributed by atoms with van der Waals surface area (Å²) in [6, 6.07) is 0.0339. The van der Waals surface area contributed by atoms with E-state index in [9.17, 15) is 4.79 Å². The maximum absolute atomic E-state index is 12.4. The Kier molecular flexibility index (Phi) is 5.52. The Labute approximate surface area is 129 Å². The Bertz CT molecular complexity index is 475. The minimum atomic E-state index is -0.101. The van der Waals surface area contributed by atoms with Crippen molar-refractivity contribution in [2.75, 3.05) is 25.1 Å². The number of amides is 2. The lowest BCUT2D eigenvalue weighted by atomic mass is 10.0. The van der Waals surface area contributed by atoms with E-state index in [0.717, 1.165) is 11.4 Å². The molecule has 1 aliphatic heterocycles. The highest BCUT2D eigenvalue weighted by Crippen LogP contribution is 2.23. The van der Waals surface area contributed by atoms with Gasteiger partial charge in [0.2, 0.25) is 5.13 Å². The molecular formula is C14H24N4O2S. The molecule has 1 atom stereocenters. The molecular weight excluding hydrogens is 288 g/mol. The number of urea groups is 1. The monoisotopic (exact) mass is 312 g/mol. The highest BCUT2D eigenvalue weighted by Gasteiger charge is 2.28. The second-order valence-electron chi connectivity index (χ2n) is 6.08. The molecule has 1 aromatic heterocycles. The van der Waals surface area contributed by atoms with Gasteiger partial charge in [-0.1, -0.05) is 39.0 Å². The van der Waals surface area contributed by atoms with Crippen molar-refractivity contribution in [1.82, 2.24) is 15.1 Å². The van der Waals surface area contributed by atoms with E-state index in [4.69, 9.17) is 4.74 Å². The molecule has 7 heteroatoms. The molecule has 0 spiro atoms. The first-order valence-corrected chi connectivity index (χ1v) is 8.27. The van der Waals surface area contributed by atoms with E-state index in [1.807, 2.05) is 4.90 Å². The zero-order valence-corrected chi connectivity index (χ0v) is 13.9. The van der Waals surface area contributed by atoms with Crippen LogP contribution >= 0.6 is 11.3 Å². The molecule has 0 saturated carbocycles. The van der Waals surface area contributed by atoms with Crippen LogP contribution in [0.15, 0.2) is 0 Å². The van der Waals surface area contributed by atoms with Gasteiger partial charge in [0.05, 0.1) is 19.3 Å². The smallest absolute Gasteiger partial charge is 0.324 e. The molecule has 0 unspecified atom stereocenters. The van der Waals surface area contributed by atoms with Crippen LogP contribution in [0, 0.1) is 5.92 Å². The lowest BCUT2D eigenvalue weighted by Crippen LogP contribution is -2.50. The van der Waals surface area contributed by atoms with Crippen LogP contribution in [0.1, 0.15) is 45.0 Å². The number of carbonyl (C=O) groups excluding carboxylic acids is 1. The largest absolute Gasteiger partial charge is 0.377 e. The maximum Gasteiger partial charge on any atom is 0.324 e. The van der Waals surface area contributed by atoms with Crippen molar-refractivity contribution in [1.29, 1.82) is 0 Å². The van der Waals surface area contributed by atoms with Crippen LogP contribution in [0.4, 0.5) is 9.93 Å². The summed E-state index contributed by atoms with van der Waals surface area (Å²) >= 11 is 1.44. The van der Waals surface area contributed by atoms with Crippen LogP contribution in [0.3, 0.4) is 0 Å². The fraction of sp³-hybridized carbons (Fsp3) is 0.786. The Hall–Kier alpha value is -1.21. The normalized spacial score (nSPS) is 19.3.